The van der Waals surface area contributed by atoms with Crippen molar-refractivity contribution in [3.8, 4) is 11.3 Å². The van der Waals surface area contributed by atoms with Crippen molar-refractivity contribution in [2.45, 2.75) is 64.5 Å². The van der Waals surface area contributed by atoms with Gasteiger partial charge in [0.2, 0.25) is 0 Å². The second kappa shape index (κ2) is 10.7. The molecule has 0 unspecified atom stereocenters. The van der Waals surface area contributed by atoms with Crippen molar-refractivity contribution in [2.75, 3.05) is 11.9 Å². The van der Waals surface area contributed by atoms with Crippen molar-refractivity contribution >= 4 is 5.69 Å². The molecule has 1 heterocycles. The monoisotopic (exact) mass is 443 g/mol. The van der Waals surface area contributed by atoms with E-state index in [2.05, 4.69) is 24.1 Å². The van der Waals surface area contributed by atoms with Gasteiger partial charge in [-0.05, 0) is 50.5 Å². The van der Waals surface area contributed by atoms with Crippen molar-refractivity contribution in [1.29, 1.82) is 0 Å². The van der Waals surface area contributed by atoms with Gasteiger partial charge >= 0.3 is 6.18 Å². The summed E-state index contributed by atoms with van der Waals surface area (Å²) < 4.78 is 41.0. The van der Waals surface area contributed by atoms with Gasteiger partial charge in [-0.2, -0.15) is 13.2 Å². The first-order valence-electron chi connectivity index (χ1n) is 11.3. The van der Waals surface area contributed by atoms with Crippen molar-refractivity contribution in [2.24, 2.45) is 0 Å². The maximum absolute atomic E-state index is 13.7. The number of allylic oxidation sites excluding steroid dienone is 2. The highest BCUT2D eigenvalue weighted by atomic mass is 19.4. The highest BCUT2D eigenvalue weighted by molar-refractivity contribution is 5.69. The quantitative estimate of drug-likeness (QED) is 0.412. The molecule has 1 saturated carbocycles. The van der Waals surface area contributed by atoms with E-state index in [9.17, 15) is 13.2 Å². The third-order valence-electron chi connectivity index (χ3n) is 5.73. The summed E-state index contributed by atoms with van der Waals surface area (Å²) in [6.07, 6.45) is 3.94. The van der Waals surface area contributed by atoms with Crippen LogP contribution in [0.2, 0.25) is 0 Å². The molecule has 1 aromatic carbocycles. The number of hydrogen-bond donors (Lipinski definition) is 2. The van der Waals surface area contributed by atoms with Crippen molar-refractivity contribution < 1.29 is 13.2 Å². The summed E-state index contributed by atoms with van der Waals surface area (Å²) >= 11 is 0. The largest absolute Gasteiger partial charge is 0.417 e. The van der Waals surface area contributed by atoms with E-state index in [4.69, 9.17) is 4.98 Å². The minimum Gasteiger partial charge on any atom is -0.389 e. The highest BCUT2D eigenvalue weighted by Crippen LogP contribution is 2.39. The normalized spacial score (nSPS) is 15.5. The van der Waals surface area contributed by atoms with Gasteiger partial charge in [0.25, 0.3) is 0 Å². The average Bonchev–Trinajstić information content (AvgIpc) is 2.77. The molecule has 0 amide bonds. The Morgan fingerprint density at radius 3 is 2.56 bits per heavy atom. The van der Waals surface area contributed by atoms with Gasteiger partial charge in [-0.3, -0.25) is 4.98 Å². The van der Waals surface area contributed by atoms with Gasteiger partial charge in [0, 0.05) is 40.8 Å². The number of benzene rings is 1. The van der Waals surface area contributed by atoms with Gasteiger partial charge in [-0.25, -0.2) is 0 Å². The Hall–Kier alpha value is -2.76. The van der Waals surface area contributed by atoms with Crippen LogP contribution in [0.4, 0.5) is 18.9 Å². The first-order chi connectivity index (χ1) is 15.3. The molecule has 3 rings (SSSR count). The lowest BCUT2D eigenvalue weighted by atomic mass is 9.86. The molecule has 0 spiro atoms. The van der Waals surface area contributed by atoms with E-state index >= 15 is 0 Å². The molecule has 0 radical (unpaired) electrons. The fraction of sp³-hybridized carbons (Fsp3) is 0.423. The van der Waals surface area contributed by atoms with Gasteiger partial charge in [0.05, 0.1) is 11.3 Å². The van der Waals surface area contributed by atoms with Crippen LogP contribution in [0.3, 0.4) is 0 Å². The molecule has 2 aromatic rings. The SMILES string of the molecule is C=C(/C=C(/C)NCCC)Nc1cc(-c2ccccc2C(F)(F)F)nc(C2CCCCC2)c1. The average molecular weight is 444 g/mol. The summed E-state index contributed by atoms with van der Waals surface area (Å²) in [6.45, 7) is 9.00. The topological polar surface area (TPSA) is 37.0 Å². The minimum atomic E-state index is -4.44. The number of nitrogens with one attached hydrogen (secondary N) is 2. The summed E-state index contributed by atoms with van der Waals surface area (Å²) in [7, 11) is 0. The molecule has 0 atom stereocenters. The van der Waals surface area contributed by atoms with Gasteiger partial charge in [-0.1, -0.05) is 51.0 Å². The Labute approximate surface area is 188 Å². The Balaban J connectivity index is 1.99. The summed E-state index contributed by atoms with van der Waals surface area (Å²) in [6, 6.07) is 9.29. The zero-order valence-electron chi connectivity index (χ0n) is 18.9. The van der Waals surface area contributed by atoms with Gasteiger partial charge < -0.3 is 10.6 Å². The van der Waals surface area contributed by atoms with E-state index in [1.54, 1.807) is 12.1 Å². The van der Waals surface area contributed by atoms with Crippen LogP contribution in [-0.4, -0.2) is 11.5 Å². The number of pyridine rings is 1. The van der Waals surface area contributed by atoms with Crippen LogP contribution in [-0.2, 0) is 6.18 Å². The molecule has 32 heavy (non-hydrogen) atoms. The molecule has 2 N–H and O–H groups in total. The predicted octanol–water partition coefficient (Wildman–Crippen LogP) is 7.64. The second-order valence-electron chi connectivity index (χ2n) is 8.45. The van der Waals surface area contributed by atoms with E-state index in [-0.39, 0.29) is 11.5 Å². The molecule has 1 aliphatic carbocycles. The third-order valence-corrected chi connectivity index (χ3v) is 5.73. The van der Waals surface area contributed by atoms with Crippen molar-refractivity contribution in [1.82, 2.24) is 10.3 Å². The second-order valence-corrected chi connectivity index (χ2v) is 8.45. The van der Waals surface area contributed by atoms with Crippen LogP contribution in [0, 0.1) is 0 Å². The number of rotatable bonds is 8. The molecular weight excluding hydrogens is 411 g/mol. The van der Waals surface area contributed by atoms with Crippen LogP contribution in [0.5, 0.6) is 0 Å². The predicted molar refractivity (Wildman–Crippen MR) is 125 cm³/mol. The molecule has 1 aromatic heterocycles. The minimum absolute atomic E-state index is 0.0997. The number of alkyl halides is 3. The van der Waals surface area contributed by atoms with Crippen LogP contribution < -0.4 is 10.6 Å². The zero-order valence-corrected chi connectivity index (χ0v) is 18.9. The number of halogens is 3. The maximum atomic E-state index is 13.7. The Morgan fingerprint density at radius 2 is 1.88 bits per heavy atom. The number of aromatic nitrogens is 1. The lowest BCUT2D eigenvalue weighted by Crippen LogP contribution is -2.13. The van der Waals surface area contributed by atoms with Crippen LogP contribution in [0.1, 0.15) is 69.5 Å². The Bertz CT molecular complexity index is 957. The summed E-state index contributed by atoms with van der Waals surface area (Å²) in [5.41, 5.74) is 2.97. The Morgan fingerprint density at radius 1 is 1.16 bits per heavy atom. The van der Waals surface area contributed by atoms with Crippen LogP contribution in [0.25, 0.3) is 11.3 Å². The number of hydrogen-bond acceptors (Lipinski definition) is 3. The summed E-state index contributed by atoms with van der Waals surface area (Å²) in [5.74, 6) is 0.263. The molecule has 0 bridgehead atoms. The smallest absolute Gasteiger partial charge is 0.389 e. The lowest BCUT2D eigenvalue weighted by molar-refractivity contribution is -0.137. The van der Waals surface area contributed by atoms with E-state index in [0.717, 1.165) is 56.1 Å². The van der Waals surface area contributed by atoms with Crippen LogP contribution in [0.15, 0.2) is 60.4 Å². The molecule has 0 saturated heterocycles. The maximum Gasteiger partial charge on any atom is 0.417 e. The van der Waals surface area contributed by atoms with E-state index in [1.165, 1.54) is 18.6 Å². The standard InChI is InChI=1S/C26H32F3N3/c1-4-14-30-18(2)15-19(3)31-21-16-24(20-10-6-5-7-11-20)32-25(17-21)22-12-8-9-13-23(22)26(27,28)29/h8-9,12-13,15-17,20,30H,3-7,10-11,14H2,1-2H3,(H,31,32)/b18-15-. The number of anilines is 1. The van der Waals surface area contributed by atoms with E-state index < -0.39 is 11.7 Å². The third kappa shape index (κ3) is 6.38. The lowest BCUT2D eigenvalue weighted by Gasteiger charge is -2.23. The fourth-order valence-electron chi connectivity index (χ4n) is 4.18. The molecule has 0 aliphatic heterocycles. The molecule has 172 valence electrons. The van der Waals surface area contributed by atoms with Crippen LogP contribution >= 0.6 is 0 Å². The molecule has 6 heteroatoms. The van der Waals surface area contributed by atoms with Gasteiger partial charge in [0.1, 0.15) is 0 Å². The number of nitrogens with zero attached hydrogens (tertiary/aromatic N) is 1. The molecular formula is C26H32F3N3. The van der Waals surface area contributed by atoms with Gasteiger partial charge in [-0.15, -0.1) is 0 Å². The van der Waals surface area contributed by atoms with Crippen molar-refractivity contribution in [3.05, 3.63) is 71.7 Å². The van der Waals surface area contributed by atoms with Gasteiger partial charge in [0.15, 0.2) is 0 Å². The highest BCUT2D eigenvalue weighted by Gasteiger charge is 2.34. The molecule has 1 aliphatic rings. The first kappa shape index (κ1) is 23.9. The summed E-state index contributed by atoms with van der Waals surface area (Å²) in [5, 5.41) is 6.56. The summed E-state index contributed by atoms with van der Waals surface area (Å²) in [4.78, 5) is 4.71. The first-order valence-corrected chi connectivity index (χ1v) is 11.3. The van der Waals surface area contributed by atoms with Crippen molar-refractivity contribution in [3.63, 3.8) is 0 Å². The zero-order chi connectivity index (χ0) is 23.1. The van der Waals surface area contributed by atoms with E-state index in [1.807, 2.05) is 19.1 Å². The Kier molecular flexibility index (Phi) is 7.99. The molecule has 3 nitrogen and oxygen atoms in total. The van der Waals surface area contributed by atoms with E-state index in [0.29, 0.717) is 17.1 Å². The fourth-order valence-corrected chi connectivity index (χ4v) is 4.18. The molecule has 1 fully saturated rings.